The third-order valence-electron chi connectivity index (χ3n) is 5.78. The van der Waals surface area contributed by atoms with E-state index in [9.17, 15) is 0 Å². The van der Waals surface area contributed by atoms with Crippen molar-refractivity contribution in [1.82, 2.24) is 0 Å². The van der Waals surface area contributed by atoms with Gasteiger partial charge in [0.1, 0.15) is 7.05 Å². The molecule has 0 bridgehead atoms. The minimum absolute atomic E-state index is 0.743. The predicted octanol–water partition coefficient (Wildman–Crippen LogP) is 3.37. The Hall–Kier alpha value is -2.39. The van der Waals surface area contributed by atoms with Gasteiger partial charge in [-0.2, -0.15) is 0 Å². The van der Waals surface area contributed by atoms with Crippen molar-refractivity contribution in [2.24, 2.45) is 0 Å². The molecule has 0 amide bonds. The fraction of sp³-hybridized carbons (Fsp3) is 0.107. The van der Waals surface area contributed by atoms with Crippen LogP contribution in [0.25, 0.3) is 33.4 Å². The first-order valence-electron chi connectivity index (χ1n) is 11.2. The summed E-state index contributed by atoms with van der Waals surface area (Å²) < 4.78 is 36.3. The summed E-state index contributed by atoms with van der Waals surface area (Å²) in [5.41, 5.74) is 8.39. The molecule has 4 aromatic rings. The van der Waals surface area contributed by atoms with Crippen LogP contribution in [0.2, 0.25) is 10.0 Å². The number of nitrogens with zero attached hydrogens (tertiary/aromatic N) is 1. The Morgan fingerprint density at radius 3 is 1.54 bits per heavy atom. The zero-order valence-corrected chi connectivity index (χ0v) is 22.8. The average Bonchev–Trinajstić information content (AvgIpc) is 3.29. The van der Waals surface area contributed by atoms with Gasteiger partial charge in [0.25, 0.3) is 0 Å². The minimum atomic E-state index is -4.94. The lowest BCUT2D eigenvalue weighted by atomic mass is 9.88. The van der Waals surface area contributed by atoms with E-state index in [-0.39, 0.29) is 0 Å². The number of hydrogen-bond acceptors (Lipinski definition) is 5. The minimum Gasteiger partial charge on any atom is -0.226 e. The molecule has 0 fully saturated rings. The molecule has 190 valence electrons. The standard InChI is InChI=1S/C28H22Cl2NS.ClHO4/c1-31-15-16-32-28(31)27-25(20-7-11-23(29)12-8-20)17-22(19-5-3-2-4-6-19)18-26(27)21-9-13-24(30)14-10-21;2-1(3,4)5/h2-14,17-18H,15-16H2,1H3;(H,2,3,4,5)/q+1;/p-1. The second-order valence-electron chi connectivity index (χ2n) is 8.28. The average molecular weight is 575 g/mol. The Kier molecular flexibility index (Phi) is 8.95. The summed E-state index contributed by atoms with van der Waals surface area (Å²) >= 11 is 14.4. The zero-order chi connectivity index (χ0) is 26.6. The third kappa shape index (κ3) is 7.35. The molecule has 0 aromatic heterocycles. The van der Waals surface area contributed by atoms with Gasteiger partial charge in [-0.1, -0.05) is 89.6 Å². The van der Waals surface area contributed by atoms with Crippen LogP contribution in [0.3, 0.4) is 0 Å². The van der Waals surface area contributed by atoms with Gasteiger partial charge in [0.15, 0.2) is 6.54 Å². The summed E-state index contributed by atoms with van der Waals surface area (Å²) in [5, 5.41) is 2.79. The summed E-state index contributed by atoms with van der Waals surface area (Å²) in [5.74, 6) is 1.09. The zero-order valence-electron chi connectivity index (χ0n) is 19.7. The molecular formula is C28H22Cl3NO4S. The summed E-state index contributed by atoms with van der Waals surface area (Å²) in [6.45, 7) is 1.04. The first-order chi connectivity index (χ1) is 17.6. The normalized spacial score (nSPS) is 13.4. The molecule has 1 aliphatic rings. The van der Waals surface area contributed by atoms with Crippen LogP contribution in [-0.2, 0) is 0 Å². The van der Waals surface area contributed by atoms with E-state index in [1.807, 2.05) is 36.0 Å². The lowest BCUT2D eigenvalue weighted by molar-refractivity contribution is -2.00. The van der Waals surface area contributed by atoms with Gasteiger partial charge in [-0.3, -0.25) is 0 Å². The quantitative estimate of drug-likeness (QED) is 0.348. The van der Waals surface area contributed by atoms with Gasteiger partial charge in [-0.15, -0.1) is 10.2 Å². The van der Waals surface area contributed by atoms with Gasteiger partial charge < -0.3 is 0 Å². The van der Waals surface area contributed by atoms with Crippen molar-refractivity contribution in [2.75, 3.05) is 19.3 Å². The highest BCUT2D eigenvalue weighted by molar-refractivity contribution is 8.14. The Bertz CT molecular complexity index is 1330. The fourth-order valence-electron chi connectivity index (χ4n) is 4.14. The maximum Gasteiger partial charge on any atom is 0.243 e. The van der Waals surface area contributed by atoms with Gasteiger partial charge in [0.05, 0.1) is 11.3 Å². The molecule has 0 unspecified atom stereocenters. The molecular weight excluding hydrogens is 553 g/mol. The second-order valence-corrected chi connectivity index (χ2v) is 11.0. The van der Waals surface area contributed by atoms with Crippen molar-refractivity contribution >= 4 is 40.0 Å². The predicted molar refractivity (Wildman–Crippen MR) is 140 cm³/mol. The Morgan fingerprint density at radius 2 is 1.14 bits per heavy atom. The van der Waals surface area contributed by atoms with Gasteiger partial charge in [-0.25, -0.2) is 23.2 Å². The van der Waals surface area contributed by atoms with Crippen molar-refractivity contribution < 1.29 is 33.5 Å². The second kappa shape index (κ2) is 12.0. The fourth-order valence-corrected chi connectivity index (χ4v) is 5.62. The maximum atomic E-state index is 8.49. The van der Waals surface area contributed by atoms with Gasteiger partial charge in [0.2, 0.25) is 5.04 Å². The van der Waals surface area contributed by atoms with E-state index < -0.39 is 10.2 Å². The van der Waals surface area contributed by atoms with Crippen LogP contribution in [0, 0.1) is 10.2 Å². The van der Waals surface area contributed by atoms with Crippen LogP contribution in [0.1, 0.15) is 5.56 Å². The van der Waals surface area contributed by atoms with E-state index >= 15 is 0 Å². The lowest BCUT2D eigenvalue weighted by Gasteiger charge is -2.17. The molecule has 0 saturated carbocycles. The first-order valence-corrected chi connectivity index (χ1v) is 14.2. The number of hydrogen-bond donors (Lipinski definition) is 0. The lowest BCUT2D eigenvalue weighted by Crippen LogP contribution is -2.68. The summed E-state index contributed by atoms with van der Waals surface area (Å²) in [6, 6.07) is 31.5. The molecule has 4 aromatic carbocycles. The molecule has 0 radical (unpaired) electrons. The van der Waals surface area contributed by atoms with Crippen LogP contribution in [0.15, 0.2) is 91.0 Å². The number of benzene rings is 4. The van der Waals surface area contributed by atoms with Crippen molar-refractivity contribution in [1.29, 1.82) is 0 Å². The molecule has 1 heterocycles. The number of halogens is 3. The van der Waals surface area contributed by atoms with E-state index in [0.717, 1.165) is 33.5 Å². The van der Waals surface area contributed by atoms with E-state index in [0.29, 0.717) is 0 Å². The molecule has 0 N–H and O–H groups in total. The molecule has 9 heteroatoms. The van der Waals surface area contributed by atoms with Crippen LogP contribution >= 0.6 is 35.0 Å². The molecule has 0 spiro atoms. The van der Waals surface area contributed by atoms with Crippen LogP contribution < -0.4 is 18.6 Å². The van der Waals surface area contributed by atoms with E-state index in [1.165, 1.54) is 32.9 Å². The summed E-state index contributed by atoms with van der Waals surface area (Å²) in [4.78, 5) is 0. The number of thioether (sulfide) groups is 1. The Morgan fingerprint density at radius 1 is 0.676 bits per heavy atom. The summed E-state index contributed by atoms with van der Waals surface area (Å²) in [7, 11) is -2.77. The van der Waals surface area contributed by atoms with Crippen molar-refractivity contribution in [3.63, 3.8) is 0 Å². The highest BCUT2D eigenvalue weighted by atomic mass is 35.7. The Labute approximate surface area is 232 Å². The van der Waals surface area contributed by atoms with Crippen molar-refractivity contribution in [3.8, 4) is 33.4 Å². The molecule has 0 aliphatic carbocycles. The molecule has 5 nitrogen and oxygen atoms in total. The topological polar surface area (TPSA) is 95.2 Å². The van der Waals surface area contributed by atoms with Crippen molar-refractivity contribution in [2.45, 2.75) is 0 Å². The molecule has 5 rings (SSSR count). The molecule has 0 atom stereocenters. The summed E-state index contributed by atoms with van der Waals surface area (Å²) in [6.07, 6.45) is 0. The molecule has 37 heavy (non-hydrogen) atoms. The number of rotatable bonds is 4. The smallest absolute Gasteiger partial charge is 0.226 e. The van der Waals surface area contributed by atoms with E-state index in [2.05, 4.69) is 78.4 Å². The Balaban J connectivity index is 0.000000586. The first kappa shape index (κ1) is 27.6. The maximum absolute atomic E-state index is 8.49. The van der Waals surface area contributed by atoms with Gasteiger partial charge >= 0.3 is 0 Å². The highest BCUT2D eigenvalue weighted by Crippen LogP contribution is 2.40. The van der Waals surface area contributed by atoms with Crippen LogP contribution in [0.4, 0.5) is 0 Å². The monoisotopic (exact) mass is 573 g/mol. The third-order valence-corrected chi connectivity index (χ3v) is 7.46. The largest absolute Gasteiger partial charge is 0.243 e. The van der Waals surface area contributed by atoms with E-state index in [1.54, 1.807) is 0 Å². The molecule has 0 saturated heterocycles. The highest BCUT2D eigenvalue weighted by Gasteiger charge is 2.28. The molecule has 1 aliphatic heterocycles. The van der Waals surface area contributed by atoms with Crippen LogP contribution in [-0.4, -0.2) is 29.0 Å². The van der Waals surface area contributed by atoms with Gasteiger partial charge in [-0.05, 0) is 69.8 Å². The SMILES string of the molecule is C[N+]1=C(c2c(-c3ccc(Cl)cc3)cc(-c3ccccc3)cc2-c2ccc(Cl)cc2)SCC1.[O-][Cl+3]([O-])([O-])[O-]. The van der Waals surface area contributed by atoms with E-state index in [4.69, 9.17) is 41.8 Å². The van der Waals surface area contributed by atoms with Gasteiger partial charge in [0, 0.05) is 10.0 Å². The van der Waals surface area contributed by atoms with Crippen LogP contribution in [0.5, 0.6) is 0 Å². The van der Waals surface area contributed by atoms with Crippen molar-refractivity contribution in [3.05, 3.63) is 107 Å².